The molecule has 2 aliphatic rings. The number of rotatable bonds is 3. The van der Waals surface area contributed by atoms with E-state index in [0.717, 1.165) is 18.7 Å². The molecule has 2 aliphatic heterocycles. The number of likely N-dealkylation sites (tertiary alicyclic amines) is 1. The van der Waals surface area contributed by atoms with Crippen LogP contribution in [0.5, 0.6) is 0 Å². The van der Waals surface area contributed by atoms with Gasteiger partial charge in [0.15, 0.2) is 5.79 Å². The third-order valence-electron chi connectivity index (χ3n) is 4.26. The summed E-state index contributed by atoms with van der Waals surface area (Å²) in [5.74, 6) is 0.995. The molecule has 1 aromatic heterocycles. The summed E-state index contributed by atoms with van der Waals surface area (Å²) in [5.41, 5.74) is 0. The maximum Gasteiger partial charge on any atom is 0.242 e. The van der Waals surface area contributed by atoms with Gasteiger partial charge in [0.25, 0.3) is 0 Å². The van der Waals surface area contributed by atoms with E-state index in [1.54, 1.807) is 6.20 Å². The molecule has 21 heavy (non-hydrogen) atoms. The summed E-state index contributed by atoms with van der Waals surface area (Å²) in [5, 5.41) is 0. The second-order valence-corrected chi connectivity index (χ2v) is 6.06. The van der Waals surface area contributed by atoms with Gasteiger partial charge in [-0.25, -0.2) is 4.98 Å². The highest BCUT2D eigenvalue weighted by atomic mass is 16.7. The molecule has 0 N–H and O–H groups in total. The van der Waals surface area contributed by atoms with E-state index in [1.807, 2.05) is 15.7 Å². The number of hydrogen-bond donors (Lipinski definition) is 0. The summed E-state index contributed by atoms with van der Waals surface area (Å²) >= 11 is 0. The molecule has 0 atom stereocenters. The second kappa shape index (κ2) is 5.77. The van der Waals surface area contributed by atoms with Gasteiger partial charge in [0.05, 0.1) is 13.2 Å². The van der Waals surface area contributed by atoms with Crippen LogP contribution in [0.25, 0.3) is 0 Å². The maximum absolute atomic E-state index is 12.4. The molecule has 3 heterocycles. The number of amides is 1. The van der Waals surface area contributed by atoms with E-state index in [0.29, 0.717) is 38.8 Å². The average molecular weight is 293 g/mol. The van der Waals surface area contributed by atoms with Crippen molar-refractivity contribution in [3.8, 4) is 0 Å². The molecule has 0 bridgehead atoms. The van der Waals surface area contributed by atoms with Crippen molar-refractivity contribution in [2.45, 2.75) is 44.9 Å². The van der Waals surface area contributed by atoms with Crippen molar-refractivity contribution in [2.75, 3.05) is 26.3 Å². The minimum atomic E-state index is -0.422. The van der Waals surface area contributed by atoms with Crippen LogP contribution in [0.15, 0.2) is 12.4 Å². The standard InChI is InChI=1S/C15H23N3O3/c1-12(2)14-16-5-8-18(14)11-13(19)17-6-3-15(4-7-17)20-9-10-21-15/h5,8,12H,3-4,6-7,9-11H2,1-2H3. The fourth-order valence-electron chi connectivity index (χ4n) is 3.08. The normalized spacial score (nSPS) is 21.4. The Morgan fingerprint density at radius 1 is 1.33 bits per heavy atom. The van der Waals surface area contributed by atoms with Gasteiger partial charge in [-0.2, -0.15) is 0 Å². The lowest BCUT2D eigenvalue weighted by Crippen LogP contribution is -2.48. The van der Waals surface area contributed by atoms with Gasteiger partial charge < -0.3 is 18.9 Å². The second-order valence-electron chi connectivity index (χ2n) is 6.06. The van der Waals surface area contributed by atoms with Crippen molar-refractivity contribution in [3.05, 3.63) is 18.2 Å². The molecular formula is C15H23N3O3. The number of imidazole rings is 1. The SMILES string of the molecule is CC(C)c1nccn1CC(=O)N1CCC2(CC1)OCCO2. The smallest absolute Gasteiger partial charge is 0.242 e. The van der Waals surface area contributed by atoms with Crippen LogP contribution < -0.4 is 0 Å². The van der Waals surface area contributed by atoms with Gasteiger partial charge in [0.1, 0.15) is 12.4 Å². The molecule has 0 unspecified atom stereocenters. The molecule has 2 fully saturated rings. The van der Waals surface area contributed by atoms with Gasteiger partial charge in [-0.1, -0.05) is 13.8 Å². The van der Waals surface area contributed by atoms with Crippen molar-refractivity contribution in [1.82, 2.24) is 14.5 Å². The minimum Gasteiger partial charge on any atom is -0.347 e. The zero-order valence-electron chi connectivity index (χ0n) is 12.7. The highest BCUT2D eigenvalue weighted by Gasteiger charge is 2.40. The molecule has 6 nitrogen and oxygen atoms in total. The average Bonchev–Trinajstić information content (AvgIpc) is 3.09. The van der Waals surface area contributed by atoms with Crippen molar-refractivity contribution in [2.24, 2.45) is 0 Å². The molecule has 1 spiro atoms. The Morgan fingerprint density at radius 2 is 2.00 bits per heavy atom. The number of carbonyl (C=O) groups excluding carboxylic acids is 1. The largest absolute Gasteiger partial charge is 0.347 e. The van der Waals surface area contributed by atoms with E-state index in [9.17, 15) is 4.79 Å². The van der Waals surface area contributed by atoms with Gasteiger partial charge in [-0.05, 0) is 0 Å². The van der Waals surface area contributed by atoms with Crippen LogP contribution in [-0.2, 0) is 20.8 Å². The molecule has 3 rings (SSSR count). The van der Waals surface area contributed by atoms with Crippen LogP contribution in [0, 0.1) is 0 Å². The van der Waals surface area contributed by atoms with Gasteiger partial charge >= 0.3 is 0 Å². The number of aromatic nitrogens is 2. The molecule has 1 aromatic rings. The monoisotopic (exact) mass is 293 g/mol. The van der Waals surface area contributed by atoms with Crippen molar-refractivity contribution >= 4 is 5.91 Å². The first kappa shape index (κ1) is 14.5. The Kier molecular flexibility index (Phi) is 3.99. The van der Waals surface area contributed by atoms with Crippen molar-refractivity contribution in [3.63, 3.8) is 0 Å². The predicted molar refractivity (Wildman–Crippen MR) is 76.8 cm³/mol. The van der Waals surface area contributed by atoms with Crippen LogP contribution in [0.1, 0.15) is 38.4 Å². The molecule has 1 amide bonds. The minimum absolute atomic E-state index is 0.141. The Labute approximate surface area is 125 Å². The first-order chi connectivity index (χ1) is 10.1. The first-order valence-electron chi connectivity index (χ1n) is 7.66. The number of nitrogens with zero attached hydrogens (tertiary/aromatic N) is 3. The lowest BCUT2D eigenvalue weighted by Gasteiger charge is -2.37. The van der Waals surface area contributed by atoms with E-state index >= 15 is 0 Å². The quantitative estimate of drug-likeness (QED) is 0.844. The first-order valence-corrected chi connectivity index (χ1v) is 7.66. The van der Waals surface area contributed by atoms with E-state index in [2.05, 4.69) is 18.8 Å². The Balaban J connectivity index is 1.58. The third kappa shape index (κ3) is 2.96. The number of hydrogen-bond acceptors (Lipinski definition) is 4. The zero-order valence-corrected chi connectivity index (χ0v) is 12.7. The number of ether oxygens (including phenoxy) is 2. The summed E-state index contributed by atoms with van der Waals surface area (Å²) in [6, 6.07) is 0. The molecule has 0 saturated carbocycles. The molecule has 6 heteroatoms. The third-order valence-corrected chi connectivity index (χ3v) is 4.26. The summed E-state index contributed by atoms with van der Waals surface area (Å²) < 4.78 is 13.3. The molecule has 0 radical (unpaired) electrons. The summed E-state index contributed by atoms with van der Waals surface area (Å²) in [4.78, 5) is 18.7. The summed E-state index contributed by atoms with van der Waals surface area (Å²) in [6.45, 7) is 7.27. The zero-order chi connectivity index (χ0) is 14.9. The van der Waals surface area contributed by atoms with Gasteiger partial charge in [-0.15, -0.1) is 0 Å². The van der Waals surface area contributed by atoms with Crippen LogP contribution >= 0.6 is 0 Å². The molecule has 0 aliphatic carbocycles. The van der Waals surface area contributed by atoms with E-state index in [4.69, 9.17) is 9.47 Å². The predicted octanol–water partition coefficient (Wildman–Crippen LogP) is 1.37. The number of carbonyl (C=O) groups is 1. The Morgan fingerprint density at radius 3 is 2.62 bits per heavy atom. The van der Waals surface area contributed by atoms with E-state index in [-0.39, 0.29) is 5.91 Å². The van der Waals surface area contributed by atoms with Crippen LogP contribution in [-0.4, -0.2) is 52.4 Å². The molecule has 0 aromatic carbocycles. The molecule has 2 saturated heterocycles. The van der Waals surface area contributed by atoms with E-state index in [1.165, 1.54) is 0 Å². The summed E-state index contributed by atoms with van der Waals surface area (Å²) in [6.07, 6.45) is 5.16. The Hall–Kier alpha value is -1.40. The highest BCUT2D eigenvalue weighted by molar-refractivity contribution is 5.76. The van der Waals surface area contributed by atoms with Gasteiger partial charge in [0, 0.05) is 44.2 Å². The van der Waals surface area contributed by atoms with Crippen molar-refractivity contribution < 1.29 is 14.3 Å². The number of piperidine rings is 1. The Bertz CT molecular complexity index is 496. The topological polar surface area (TPSA) is 56.6 Å². The van der Waals surface area contributed by atoms with Gasteiger partial charge in [-0.3, -0.25) is 4.79 Å². The van der Waals surface area contributed by atoms with Crippen LogP contribution in [0.4, 0.5) is 0 Å². The van der Waals surface area contributed by atoms with Crippen LogP contribution in [0.3, 0.4) is 0 Å². The maximum atomic E-state index is 12.4. The van der Waals surface area contributed by atoms with Crippen LogP contribution in [0.2, 0.25) is 0 Å². The van der Waals surface area contributed by atoms with Gasteiger partial charge in [0.2, 0.25) is 5.91 Å². The summed E-state index contributed by atoms with van der Waals surface area (Å²) in [7, 11) is 0. The lowest BCUT2D eigenvalue weighted by molar-refractivity contribution is -0.187. The van der Waals surface area contributed by atoms with E-state index < -0.39 is 5.79 Å². The van der Waals surface area contributed by atoms with Crippen molar-refractivity contribution in [1.29, 1.82) is 0 Å². The lowest BCUT2D eigenvalue weighted by atomic mass is 10.0. The molecule has 116 valence electrons. The molecular weight excluding hydrogens is 270 g/mol. The fourth-order valence-corrected chi connectivity index (χ4v) is 3.08. The fraction of sp³-hybridized carbons (Fsp3) is 0.733. The highest BCUT2D eigenvalue weighted by Crippen LogP contribution is 2.31.